The number of carbonyl (C=O) groups is 1. The van der Waals surface area contributed by atoms with E-state index in [1.54, 1.807) is 47.9 Å². The maximum absolute atomic E-state index is 14.1. The van der Waals surface area contributed by atoms with Crippen LogP contribution in [0.1, 0.15) is 75.1 Å². The van der Waals surface area contributed by atoms with E-state index in [0.717, 1.165) is 31.0 Å². The standard InChI is InChI=1S/C40H50F2N3O5/c1-5-43(31-22-29(41)21-30(42)23-31)40(47)37-28-44(32-24-34(48-3)26-35(25-32)49-4)38-27-33(15-16-36(38)39(37)46)50-20-14-9-7-6-8-11-17-45(2)18-12-10-13-19-45/h15-16,21-28H,5-14,17-20H2,1-4H3/q+1. The molecule has 0 unspecified atom stereocenters. The molecule has 0 bridgehead atoms. The largest absolute Gasteiger partial charge is 0.497 e. The van der Waals surface area contributed by atoms with Crippen molar-refractivity contribution in [2.24, 2.45) is 0 Å². The van der Waals surface area contributed by atoms with E-state index in [9.17, 15) is 18.4 Å². The maximum Gasteiger partial charge on any atom is 0.263 e. The Morgan fingerprint density at radius 2 is 1.46 bits per heavy atom. The lowest BCUT2D eigenvalue weighted by molar-refractivity contribution is -0.914. The molecular formula is C40H50F2N3O5+. The number of unbranched alkanes of at least 4 members (excludes halogenated alkanes) is 5. The van der Waals surface area contributed by atoms with Gasteiger partial charge in [-0.2, -0.15) is 0 Å². The Kier molecular flexibility index (Phi) is 12.5. The lowest BCUT2D eigenvalue weighted by atomic mass is 10.1. The van der Waals surface area contributed by atoms with Crippen molar-refractivity contribution >= 4 is 22.5 Å². The zero-order valence-electron chi connectivity index (χ0n) is 29.8. The third-order valence-corrected chi connectivity index (χ3v) is 9.80. The molecule has 0 radical (unpaired) electrons. The summed E-state index contributed by atoms with van der Waals surface area (Å²) in [5, 5.41) is 0.284. The van der Waals surface area contributed by atoms with E-state index in [4.69, 9.17) is 14.2 Å². The fraction of sp³-hybridized carbons (Fsp3) is 0.450. The predicted molar refractivity (Wildman–Crippen MR) is 194 cm³/mol. The number of piperidine rings is 1. The molecule has 3 aromatic carbocycles. The zero-order valence-corrected chi connectivity index (χ0v) is 29.8. The first-order valence-corrected chi connectivity index (χ1v) is 17.8. The second-order valence-corrected chi connectivity index (χ2v) is 13.5. The highest BCUT2D eigenvalue weighted by molar-refractivity contribution is 6.07. The summed E-state index contributed by atoms with van der Waals surface area (Å²) < 4.78 is 48.4. The molecule has 0 aliphatic carbocycles. The van der Waals surface area contributed by atoms with E-state index < -0.39 is 23.0 Å². The lowest BCUT2D eigenvalue weighted by Gasteiger charge is -2.37. The number of ether oxygens (including phenoxy) is 3. The van der Waals surface area contributed by atoms with Crippen molar-refractivity contribution < 1.29 is 32.3 Å². The van der Waals surface area contributed by atoms with E-state index in [1.807, 2.05) is 0 Å². The molecule has 1 amide bonds. The molecule has 2 heterocycles. The van der Waals surface area contributed by atoms with Crippen LogP contribution < -0.4 is 24.5 Å². The van der Waals surface area contributed by atoms with Crippen LogP contribution in [0, 0.1) is 11.6 Å². The molecular weight excluding hydrogens is 640 g/mol. The van der Waals surface area contributed by atoms with Gasteiger partial charge in [-0.25, -0.2) is 8.78 Å². The van der Waals surface area contributed by atoms with Crippen molar-refractivity contribution in [2.75, 3.05) is 59.0 Å². The average molecular weight is 691 g/mol. The van der Waals surface area contributed by atoms with E-state index in [0.29, 0.717) is 35.1 Å². The number of amides is 1. The second-order valence-electron chi connectivity index (χ2n) is 13.5. The van der Waals surface area contributed by atoms with Gasteiger partial charge in [0.1, 0.15) is 34.4 Å². The van der Waals surface area contributed by atoms with Gasteiger partial charge in [-0.05, 0) is 69.7 Å². The minimum absolute atomic E-state index is 0.0147. The van der Waals surface area contributed by atoms with Crippen LogP contribution in [0.3, 0.4) is 0 Å². The number of fused-ring (bicyclic) bond motifs is 1. The number of aromatic nitrogens is 1. The van der Waals surface area contributed by atoms with Crippen LogP contribution in [0.2, 0.25) is 0 Å². The normalized spacial score (nSPS) is 14.0. The van der Waals surface area contributed by atoms with Crippen molar-refractivity contribution in [1.29, 1.82) is 0 Å². The van der Waals surface area contributed by atoms with Crippen LogP contribution in [0.15, 0.2) is 65.6 Å². The molecule has 10 heteroatoms. The minimum atomic E-state index is -0.822. The number of quaternary nitrogens is 1. The van der Waals surface area contributed by atoms with Gasteiger partial charge in [0.25, 0.3) is 5.91 Å². The maximum atomic E-state index is 14.1. The number of halogens is 2. The zero-order chi connectivity index (χ0) is 35.7. The fourth-order valence-electron chi connectivity index (χ4n) is 6.97. The van der Waals surface area contributed by atoms with Crippen LogP contribution in [0.25, 0.3) is 16.6 Å². The quantitative estimate of drug-likeness (QED) is 0.0874. The molecule has 0 saturated carbocycles. The Bertz CT molecular complexity index is 1790. The summed E-state index contributed by atoms with van der Waals surface area (Å²) >= 11 is 0. The highest BCUT2D eigenvalue weighted by Crippen LogP contribution is 2.30. The third kappa shape index (κ3) is 9.01. The number of nitrogens with zero attached hydrogens (tertiary/aromatic N) is 3. The van der Waals surface area contributed by atoms with Crippen molar-refractivity contribution in [2.45, 2.75) is 64.7 Å². The minimum Gasteiger partial charge on any atom is -0.497 e. The van der Waals surface area contributed by atoms with Crippen molar-refractivity contribution in [3.05, 3.63) is 88.2 Å². The predicted octanol–water partition coefficient (Wildman–Crippen LogP) is 8.30. The van der Waals surface area contributed by atoms with E-state index in [1.165, 1.54) is 94.4 Å². The van der Waals surface area contributed by atoms with Gasteiger partial charge in [-0.3, -0.25) is 9.59 Å². The molecule has 50 heavy (non-hydrogen) atoms. The van der Waals surface area contributed by atoms with Gasteiger partial charge < -0.3 is 28.2 Å². The van der Waals surface area contributed by atoms with Gasteiger partial charge >= 0.3 is 0 Å². The summed E-state index contributed by atoms with van der Waals surface area (Å²) in [6.45, 7) is 6.24. The SMILES string of the molecule is CCN(C(=O)c1cn(-c2cc(OC)cc(OC)c2)c2cc(OCCCCCCCC[N+]3(C)CCCCC3)ccc2c1=O)c1cc(F)cc(F)c1. The Balaban J connectivity index is 1.35. The summed E-state index contributed by atoms with van der Waals surface area (Å²) in [6, 6.07) is 13.3. The van der Waals surface area contributed by atoms with Gasteiger partial charge in [-0.15, -0.1) is 0 Å². The van der Waals surface area contributed by atoms with Gasteiger partial charge in [0.2, 0.25) is 5.43 Å². The van der Waals surface area contributed by atoms with Gasteiger partial charge in [0, 0.05) is 54.1 Å². The number of benzene rings is 3. The van der Waals surface area contributed by atoms with E-state index in [-0.39, 0.29) is 23.2 Å². The summed E-state index contributed by atoms with van der Waals surface area (Å²) in [4.78, 5) is 29.0. The van der Waals surface area contributed by atoms with Crippen LogP contribution in [-0.2, 0) is 0 Å². The molecule has 1 aliphatic rings. The number of pyridine rings is 1. The number of anilines is 1. The van der Waals surface area contributed by atoms with Gasteiger partial charge in [0.05, 0.1) is 58.7 Å². The average Bonchev–Trinajstić information content (AvgIpc) is 3.11. The Hall–Kier alpha value is -4.44. The highest BCUT2D eigenvalue weighted by atomic mass is 19.1. The number of methoxy groups -OCH3 is 2. The molecule has 1 aromatic heterocycles. The number of hydrogen-bond acceptors (Lipinski definition) is 5. The molecule has 1 aliphatic heterocycles. The molecule has 8 nitrogen and oxygen atoms in total. The number of hydrogen-bond donors (Lipinski definition) is 0. The topological polar surface area (TPSA) is 70.0 Å². The van der Waals surface area contributed by atoms with Crippen LogP contribution in [0.4, 0.5) is 14.5 Å². The second kappa shape index (κ2) is 17.0. The van der Waals surface area contributed by atoms with Crippen molar-refractivity contribution in [3.63, 3.8) is 0 Å². The first kappa shape index (κ1) is 36.8. The molecule has 0 spiro atoms. The van der Waals surface area contributed by atoms with E-state index in [2.05, 4.69) is 7.05 Å². The van der Waals surface area contributed by atoms with Gasteiger partial charge in [-0.1, -0.05) is 19.3 Å². The number of rotatable bonds is 16. The monoisotopic (exact) mass is 690 g/mol. The van der Waals surface area contributed by atoms with Crippen molar-refractivity contribution in [1.82, 2.24) is 4.57 Å². The first-order valence-electron chi connectivity index (χ1n) is 17.8. The summed E-state index contributed by atoms with van der Waals surface area (Å²) in [5.74, 6) is -0.703. The summed E-state index contributed by atoms with van der Waals surface area (Å²) in [6.07, 6.45) is 12.5. The molecule has 0 atom stereocenters. The molecule has 268 valence electrons. The Morgan fingerprint density at radius 3 is 2.10 bits per heavy atom. The number of likely N-dealkylation sites (tertiary alicyclic amines) is 1. The van der Waals surface area contributed by atoms with E-state index >= 15 is 0 Å². The highest BCUT2D eigenvalue weighted by Gasteiger charge is 2.25. The molecule has 5 rings (SSSR count). The summed E-state index contributed by atoms with van der Waals surface area (Å²) in [5.41, 5.74) is 0.444. The first-order chi connectivity index (χ1) is 24.1. The smallest absolute Gasteiger partial charge is 0.263 e. The van der Waals surface area contributed by atoms with Crippen molar-refractivity contribution in [3.8, 4) is 22.9 Å². The van der Waals surface area contributed by atoms with Crippen LogP contribution in [0.5, 0.6) is 17.2 Å². The lowest BCUT2D eigenvalue weighted by Crippen LogP contribution is -2.48. The molecule has 4 aromatic rings. The third-order valence-electron chi connectivity index (χ3n) is 9.80. The molecule has 1 saturated heterocycles. The van der Waals surface area contributed by atoms with Crippen LogP contribution >= 0.6 is 0 Å². The fourth-order valence-corrected chi connectivity index (χ4v) is 6.97. The number of carbonyl (C=O) groups excluding carboxylic acids is 1. The Labute approximate surface area is 293 Å². The summed E-state index contributed by atoms with van der Waals surface area (Å²) in [7, 11) is 5.49. The molecule has 1 fully saturated rings. The Morgan fingerprint density at radius 1 is 0.820 bits per heavy atom. The van der Waals surface area contributed by atoms with Crippen LogP contribution in [-0.4, -0.2) is 69.0 Å². The van der Waals surface area contributed by atoms with Gasteiger partial charge in [0.15, 0.2) is 0 Å². The molecule has 0 N–H and O–H groups in total.